The van der Waals surface area contributed by atoms with Gasteiger partial charge in [-0.05, 0) is 37.2 Å². The highest BCUT2D eigenvalue weighted by atomic mass is 16.5. The van der Waals surface area contributed by atoms with Crippen molar-refractivity contribution < 1.29 is 4.74 Å². The number of ether oxygens (including phenoxy) is 1. The highest BCUT2D eigenvalue weighted by Gasteiger charge is 2.24. The third-order valence-corrected chi connectivity index (χ3v) is 3.79. The zero-order chi connectivity index (χ0) is 13.0. The second kappa shape index (κ2) is 6.30. The molecule has 18 heavy (non-hydrogen) atoms. The average molecular weight is 248 g/mol. The first-order chi connectivity index (χ1) is 8.69. The minimum Gasteiger partial charge on any atom is -0.373 e. The van der Waals surface area contributed by atoms with E-state index in [1.165, 1.54) is 19.3 Å². The molecule has 3 heteroatoms. The molecule has 0 saturated heterocycles. The molecule has 3 nitrogen and oxygen atoms in total. The van der Waals surface area contributed by atoms with Gasteiger partial charge in [-0.2, -0.15) is 0 Å². The third kappa shape index (κ3) is 3.53. The number of hydrogen-bond acceptors (Lipinski definition) is 3. The van der Waals surface area contributed by atoms with E-state index in [1.807, 2.05) is 6.07 Å². The Labute approximate surface area is 110 Å². The summed E-state index contributed by atoms with van der Waals surface area (Å²) in [7, 11) is 0. The summed E-state index contributed by atoms with van der Waals surface area (Å²) < 4.78 is 6.06. The van der Waals surface area contributed by atoms with Gasteiger partial charge >= 0.3 is 0 Å². The molecular weight excluding hydrogens is 224 g/mol. The van der Waals surface area contributed by atoms with Gasteiger partial charge in [0.15, 0.2) is 0 Å². The van der Waals surface area contributed by atoms with Crippen LogP contribution in [0.2, 0.25) is 0 Å². The van der Waals surface area contributed by atoms with Crippen molar-refractivity contribution in [2.24, 2.45) is 17.6 Å². The highest BCUT2D eigenvalue weighted by Crippen LogP contribution is 2.30. The van der Waals surface area contributed by atoms with Crippen molar-refractivity contribution in [3.63, 3.8) is 0 Å². The lowest BCUT2D eigenvalue weighted by Gasteiger charge is -2.31. The number of pyridine rings is 1. The smallest absolute Gasteiger partial charge is 0.0738 e. The van der Waals surface area contributed by atoms with E-state index in [1.54, 1.807) is 6.20 Å². The fourth-order valence-electron chi connectivity index (χ4n) is 3.00. The maximum absolute atomic E-state index is 6.06. The van der Waals surface area contributed by atoms with Crippen LogP contribution < -0.4 is 5.73 Å². The Bertz CT molecular complexity index is 371. The summed E-state index contributed by atoms with van der Waals surface area (Å²) in [6, 6.07) is 4.01. The van der Waals surface area contributed by atoms with Crippen molar-refractivity contribution in [3.05, 3.63) is 29.6 Å². The number of aromatic nitrogens is 1. The van der Waals surface area contributed by atoms with Gasteiger partial charge in [0.1, 0.15) is 0 Å². The van der Waals surface area contributed by atoms with Crippen LogP contribution in [0.25, 0.3) is 0 Å². The number of nitrogens with two attached hydrogens (primary N) is 1. The standard InChI is InChI=1S/C15H24N2O/c1-11-6-12(2)8-14(7-11)18-10-13-4-3-5-17-15(13)9-16/h3-5,11-12,14H,6-10,16H2,1-2H3. The van der Waals surface area contributed by atoms with Gasteiger partial charge in [0, 0.05) is 18.3 Å². The molecule has 1 aliphatic rings. The molecule has 100 valence electrons. The quantitative estimate of drug-likeness (QED) is 0.891. The van der Waals surface area contributed by atoms with Crippen LogP contribution in [0, 0.1) is 11.8 Å². The second-order valence-corrected chi connectivity index (χ2v) is 5.66. The first-order valence-electron chi connectivity index (χ1n) is 6.93. The molecule has 1 aromatic heterocycles. The van der Waals surface area contributed by atoms with Gasteiger partial charge in [-0.3, -0.25) is 4.98 Å². The van der Waals surface area contributed by atoms with Crippen molar-refractivity contribution in [1.82, 2.24) is 4.98 Å². The third-order valence-electron chi connectivity index (χ3n) is 3.79. The van der Waals surface area contributed by atoms with E-state index in [0.717, 1.165) is 23.1 Å². The zero-order valence-electron chi connectivity index (χ0n) is 11.4. The predicted molar refractivity (Wildman–Crippen MR) is 72.9 cm³/mol. The lowest BCUT2D eigenvalue weighted by Crippen LogP contribution is -2.26. The maximum atomic E-state index is 6.06. The van der Waals surface area contributed by atoms with Crippen LogP contribution in [0.15, 0.2) is 18.3 Å². The van der Waals surface area contributed by atoms with E-state index in [9.17, 15) is 0 Å². The van der Waals surface area contributed by atoms with Crippen LogP contribution in [0.1, 0.15) is 44.4 Å². The molecule has 0 aliphatic heterocycles. The molecule has 2 unspecified atom stereocenters. The molecule has 0 radical (unpaired) electrons. The summed E-state index contributed by atoms with van der Waals surface area (Å²) in [5.74, 6) is 1.56. The molecule has 1 aromatic rings. The van der Waals surface area contributed by atoms with Gasteiger partial charge in [0.05, 0.1) is 18.4 Å². The molecule has 2 rings (SSSR count). The molecule has 0 amide bonds. The van der Waals surface area contributed by atoms with Crippen molar-refractivity contribution in [2.75, 3.05) is 0 Å². The van der Waals surface area contributed by atoms with Crippen molar-refractivity contribution in [2.45, 2.75) is 52.4 Å². The topological polar surface area (TPSA) is 48.1 Å². The predicted octanol–water partition coefficient (Wildman–Crippen LogP) is 2.88. The van der Waals surface area contributed by atoms with E-state index in [-0.39, 0.29) is 0 Å². The molecule has 1 heterocycles. The summed E-state index contributed by atoms with van der Waals surface area (Å²) in [5, 5.41) is 0. The summed E-state index contributed by atoms with van der Waals surface area (Å²) in [5.41, 5.74) is 7.77. The molecule has 0 aromatic carbocycles. The molecular formula is C15H24N2O. The lowest BCUT2D eigenvalue weighted by molar-refractivity contribution is -0.00952. The van der Waals surface area contributed by atoms with E-state index in [4.69, 9.17) is 10.5 Å². The Morgan fingerprint density at radius 3 is 2.67 bits per heavy atom. The van der Waals surface area contributed by atoms with E-state index in [0.29, 0.717) is 19.3 Å². The summed E-state index contributed by atoms with van der Waals surface area (Å²) in [6.07, 6.45) is 5.89. The van der Waals surface area contributed by atoms with Crippen LogP contribution in [-0.4, -0.2) is 11.1 Å². The Balaban J connectivity index is 1.91. The Morgan fingerprint density at radius 1 is 1.28 bits per heavy atom. The molecule has 1 aliphatic carbocycles. The maximum Gasteiger partial charge on any atom is 0.0738 e. The summed E-state index contributed by atoms with van der Waals surface area (Å²) >= 11 is 0. The monoisotopic (exact) mass is 248 g/mol. The lowest BCUT2D eigenvalue weighted by atomic mass is 9.82. The van der Waals surface area contributed by atoms with Gasteiger partial charge in [-0.1, -0.05) is 19.9 Å². The Kier molecular flexibility index (Phi) is 4.72. The zero-order valence-corrected chi connectivity index (χ0v) is 11.4. The fraction of sp³-hybridized carbons (Fsp3) is 0.667. The molecule has 0 spiro atoms. The minimum atomic E-state index is 0.398. The summed E-state index contributed by atoms with van der Waals surface area (Å²) in [6.45, 7) is 5.77. The van der Waals surface area contributed by atoms with Gasteiger partial charge in [-0.15, -0.1) is 0 Å². The largest absolute Gasteiger partial charge is 0.373 e. The van der Waals surface area contributed by atoms with Crippen LogP contribution >= 0.6 is 0 Å². The molecule has 0 bridgehead atoms. The average Bonchev–Trinajstić information content (AvgIpc) is 2.35. The Morgan fingerprint density at radius 2 is 2.00 bits per heavy atom. The van der Waals surface area contributed by atoms with Crippen LogP contribution in [0.5, 0.6) is 0 Å². The van der Waals surface area contributed by atoms with Gasteiger partial charge in [0.25, 0.3) is 0 Å². The molecule has 2 atom stereocenters. The Hall–Kier alpha value is -0.930. The molecule has 1 saturated carbocycles. The first-order valence-corrected chi connectivity index (χ1v) is 6.93. The fourth-order valence-corrected chi connectivity index (χ4v) is 3.00. The number of hydrogen-bond donors (Lipinski definition) is 1. The van der Waals surface area contributed by atoms with Crippen molar-refractivity contribution in [1.29, 1.82) is 0 Å². The first kappa shape index (κ1) is 13.5. The SMILES string of the molecule is CC1CC(C)CC(OCc2cccnc2CN)C1. The van der Waals surface area contributed by atoms with Crippen molar-refractivity contribution >= 4 is 0 Å². The molecule has 1 fully saturated rings. The number of rotatable bonds is 4. The highest BCUT2D eigenvalue weighted by molar-refractivity contribution is 5.18. The van der Waals surface area contributed by atoms with E-state index in [2.05, 4.69) is 24.9 Å². The summed E-state index contributed by atoms with van der Waals surface area (Å²) in [4.78, 5) is 4.29. The number of nitrogens with zero attached hydrogens (tertiary/aromatic N) is 1. The van der Waals surface area contributed by atoms with Crippen LogP contribution in [0.4, 0.5) is 0 Å². The normalized spacial score (nSPS) is 28.3. The van der Waals surface area contributed by atoms with Gasteiger partial charge < -0.3 is 10.5 Å². The van der Waals surface area contributed by atoms with Crippen LogP contribution in [0.3, 0.4) is 0 Å². The minimum absolute atomic E-state index is 0.398. The second-order valence-electron chi connectivity index (χ2n) is 5.66. The van der Waals surface area contributed by atoms with Gasteiger partial charge in [-0.25, -0.2) is 0 Å². The van der Waals surface area contributed by atoms with Crippen molar-refractivity contribution in [3.8, 4) is 0 Å². The van der Waals surface area contributed by atoms with Gasteiger partial charge in [0.2, 0.25) is 0 Å². The van der Waals surface area contributed by atoms with E-state index < -0.39 is 0 Å². The van der Waals surface area contributed by atoms with Crippen LogP contribution in [-0.2, 0) is 17.9 Å². The molecule has 2 N–H and O–H groups in total. The van der Waals surface area contributed by atoms with E-state index >= 15 is 0 Å².